The highest BCUT2D eigenvalue weighted by molar-refractivity contribution is 14.1. The SMILES string of the molecule is CCNC(=O)NC(=O)CI. The molecular weight excluding hydrogens is 247 g/mol. The van der Waals surface area contributed by atoms with E-state index in [1.165, 1.54) is 0 Å². The van der Waals surface area contributed by atoms with Crippen molar-refractivity contribution in [2.24, 2.45) is 0 Å². The number of rotatable bonds is 2. The average molecular weight is 256 g/mol. The van der Waals surface area contributed by atoms with Crippen molar-refractivity contribution in [3.63, 3.8) is 0 Å². The van der Waals surface area contributed by atoms with Crippen LogP contribution in [0.2, 0.25) is 0 Å². The van der Waals surface area contributed by atoms with Gasteiger partial charge in [-0.15, -0.1) is 0 Å². The molecule has 0 heterocycles. The Kier molecular flexibility index (Phi) is 5.27. The maximum Gasteiger partial charge on any atom is 0.321 e. The molecule has 0 aromatic heterocycles. The fourth-order valence-electron chi connectivity index (χ4n) is 0.365. The fourth-order valence-corrected chi connectivity index (χ4v) is 0.555. The van der Waals surface area contributed by atoms with E-state index < -0.39 is 6.03 Å². The molecule has 0 aliphatic carbocycles. The first-order valence-corrected chi connectivity index (χ1v) is 4.37. The van der Waals surface area contributed by atoms with Gasteiger partial charge in [-0.2, -0.15) is 0 Å². The van der Waals surface area contributed by atoms with E-state index in [0.717, 1.165) is 0 Å². The Morgan fingerprint density at radius 2 is 2.10 bits per heavy atom. The van der Waals surface area contributed by atoms with Gasteiger partial charge in [0.05, 0.1) is 4.43 Å². The molecule has 0 atom stereocenters. The summed E-state index contributed by atoms with van der Waals surface area (Å²) >= 11 is 1.88. The van der Waals surface area contributed by atoms with Crippen molar-refractivity contribution in [3.8, 4) is 0 Å². The first-order chi connectivity index (χ1) is 4.70. The second-order valence-corrected chi connectivity index (χ2v) is 2.30. The van der Waals surface area contributed by atoms with Crippen LogP contribution in [-0.4, -0.2) is 22.9 Å². The highest BCUT2D eigenvalue weighted by Crippen LogP contribution is 1.78. The number of carbonyl (C=O) groups excluding carboxylic acids is 2. The van der Waals surface area contributed by atoms with Gasteiger partial charge in [-0.1, -0.05) is 22.6 Å². The number of halogens is 1. The van der Waals surface area contributed by atoms with Crippen LogP contribution in [0.3, 0.4) is 0 Å². The predicted molar refractivity (Wildman–Crippen MR) is 46.1 cm³/mol. The quantitative estimate of drug-likeness (QED) is 0.550. The molecule has 0 bridgehead atoms. The lowest BCUT2D eigenvalue weighted by Gasteiger charge is -2.00. The summed E-state index contributed by atoms with van der Waals surface area (Å²) in [7, 11) is 0. The zero-order valence-electron chi connectivity index (χ0n) is 5.61. The summed E-state index contributed by atoms with van der Waals surface area (Å²) in [5.74, 6) is -0.272. The third kappa shape index (κ3) is 4.54. The van der Waals surface area contributed by atoms with E-state index in [-0.39, 0.29) is 5.91 Å². The molecule has 0 aromatic carbocycles. The Morgan fingerprint density at radius 3 is 2.50 bits per heavy atom. The summed E-state index contributed by atoms with van der Waals surface area (Å²) in [4.78, 5) is 21.1. The number of carbonyl (C=O) groups is 2. The van der Waals surface area contributed by atoms with Gasteiger partial charge in [0.25, 0.3) is 0 Å². The maximum atomic E-state index is 10.6. The van der Waals surface area contributed by atoms with Crippen LogP contribution in [-0.2, 0) is 4.79 Å². The van der Waals surface area contributed by atoms with Crippen molar-refractivity contribution >= 4 is 34.5 Å². The van der Waals surface area contributed by atoms with Crippen LogP contribution in [0.5, 0.6) is 0 Å². The molecule has 10 heavy (non-hydrogen) atoms. The molecule has 0 saturated heterocycles. The standard InChI is InChI=1S/C5H9IN2O2/c1-2-7-5(10)8-4(9)3-6/h2-3H2,1H3,(H2,7,8,9,10). The molecule has 0 saturated carbocycles. The first kappa shape index (κ1) is 9.67. The van der Waals surface area contributed by atoms with E-state index in [1.807, 2.05) is 22.6 Å². The van der Waals surface area contributed by atoms with Crippen LogP contribution >= 0.6 is 22.6 Å². The molecule has 0 rings (SSSR count). The number of amides is 3. The number of imide groups is 1. The summed E-state index contributed by atoms with van der Waals surface area (Å²) in [5, 5.41) is 4.57. The van der Waals surface area contributed by atoms with Gasteiger partial charge in [-0.05, 0) is 6.92 Å². The second kappa shape index (κ2) is 5.45. The topological polar surface area (TPSA) is 58.2 Å². The molecule has 0 fully saturated rings. The average Bonchev–Trinajstić information content (AvgIpc) is 1.88. The lowest BCUT2D eigenvalue weighted by molar-refractivity contribution is -0.117. The van der Waals surface area contributed by atoms with Crippen LogP contribution in [0, 0.1) is 0 Å². The highest BCUT2D eigenvalue weighted by Gasteiger charge is 2.02. The molecule has 3 amide bonds. The molecule has 4 nitrogen and oxygen atoms in total. The van der Waals surface area contributed by atoms with Crippen LogP contribution in [0.4, 0.5) is 4.79 Å². The molecular formula is C5H9IN2O2. The smallest absolute Gasteiger partial charge is 0.321 e. The van der Waals surface area contributed by atoms with E-state index in [2.05, 4.69) is 10.6 Å². The van der Waals surface area contributed by atoms with Gasteiger partial charge in [-0.3, -0.25) is 10.1 Å². The molecule has 0 aliphatic heterocycles. The second-order valence-electron chi connectivity index (χ2n) is 1.54. The minimum Gasteiger partial charge on any atom is -0.338 e. The molecule has 0 spiro atoms. The van der Waals surface area contributed by atoms with E-state index >= 15 is 0 Å². The van der Waals surface area contributed by atoms with Gasteiger partial charge < -0.3 is 5.32 Å². The van der Waals surface area contributed by atoms with E-state index in [0.29, 0.717) is 11.0 Å². The Labute approximate surface area is 72.9 Å². The maximum absolute atomic E-state index is 10.6. The monoisotopic (exact) mass is 256 g/mol. The summed E-state index contributed by atoms with van der Waals surface area (Å²) in [6, 6.07) is -0.427. The van der Waals surface area contributed by atoms with Gasteiger partial charge in [0.15, 0.2) is 0 Å². The van der Waals surface area contributed by atoms with Gasteiger partial charge in [0, 0.05) is 6.54 Å². The minimum atomic E-state index is -0.427. The minimum absolute atomic E-state index is 0.272. The van der Waals surface area contributed by atoms with Crippen LogP contribution in [0.1, 0.15) is 6.92 Å². The molecule has 58 valence electrons. The summed E-state index contributed by atoms with van der Waals surface area (Å²) in [6.45, 7) is 2.31. The molecule has 0 aromatic rings. The lowest BCUT2D eigenvalue weighted by Crippen LogP contribution is -2.39. The first-order valence-electron chi connectivity index (χ1n) is 2.84. The van der Waals surface area contributed by atoms with Crippen LogP contribution in [0.25, 0.3) is 0 Å². The van der Waals surface area contributed by atoms with Gasteiger partial charge in [0.1, 0.15) is 0 Å². The lowest BCUT2D eigenvalue weighted by atomic mass is 10.7. The molecule has 0 radical (unpaired) electrons. The van der Waals surface area contributed by atoms with Crippen molar-refractivity contribution in [3.05, 3.63) is 0 Å². The third-order valence-electron chi connectivity index (χ3n) is 0.712. The van der Waals surface area contributed by atoms with E-state index in [1.54, 1.807) is 6.92 Å². The van der Waals surface area contributed by atoms with Crippen molar-refractivity contribution in [2.75, 3.05) is 11.0 Å². The molecule has 5 heteroatoms. The highest BCUT2D eigenvalue weighted by atomic mass is 127. The summed E-state index contributed by atoms with van der Waals surface area (Å²) in [5.41, 5.74) is 0. The third-order valence-corrected chi connectivity index (χ3v) is 1.40. The summed E-state index contributed by atoms with van der Waals surface area (Å²) in [6.07, 6.45) is 0. The summed E-state index contributed by atoms with van der Waals surface area (Å²) < 4.78 is 0.300. The number of alkyl halides is 1. The van der Waals surface area contributed by atoms with E-state index in [4.69, 9.17) is 0 Å². The fraction of sp³-hybridized carbons (Fsp3) is 0.600. The number of urea groups is 1. The number of nitrogens with one attached hydrogen (secondary N) is 2. The zero-order chi connectivity index (χ0) is 7.98. The van der Waals surface area contributed by atoms with E-state index in [9.17, 15) is 9.59 Å². The Balaban J connectivity index is 3.47. The van der Waals surface area contributed by atoms with Crippen molar-refractivity contribution in [2.45, 2.75) is 6.92 Å². The normalized spacial score (nSPS) is 8.60. The van der Waals surface area contributed by atoms with Gasteiger partial charge in [0.2, 0.25) is 5.91 Å². The molecule has 0 unspecified atom stereocenters. The predicted octanol–water partition coefficient (Wildman–Crippen LogP) is 0.267. The van der Waals surface area contributed by atoms with Crippen molar-refractivity contribution < 1.29 is 9.59 Å². The Bertz CT molecular complexity index is 138. The Hall–Kier alpha value is -0.330. The zero-order valence-corrected chi connectivity index (χ0v) is 7.77. The van der Waals surface area contributed by atoms with Gasteiger partial charge in [-0.25, -0.2) is 4.79 Å². The number of hydrogen-bond acceptors (Lipinski definition) is 2. The molecule has 0 aliphatic rings. The van der Waals surface area contributed by atoms with Crippen LogP contribution < -0.4 is 10.6 Å². The Morgan fingerprint density at radius 1 is 1.50 bits per heavy atom. The van der Waals surface area contributed by atoms with Crippen molar-refractivity contribution in [1.82, 2.24) is 10.6 Å². The van der Waals surface area contributed by atoms with Gasteiger partial charge >= 0.3 is 6.03 Å². The van der Waals surface area contributed by atoms with Crippen LogP contribution in [0.15, 0.2) is 0 Å². The number of hydrogen-bond donors (Lipinski definition) is 2. The van der Waals surface area contributed by atoms with Crippen molar-refractivity contribution in [1.29, 1.82) is 0 Å². The molecule has 2 N–H and O–H groups in total. The largest absolute Gasteiger partial charge is 0.338 e.